The summed E-state index contributed by atoms with van der Waals surface area (Å²) in [6.45, 7) is 1.90. The number of rotatable bonds is 6. The molecule has 1 N–H and O–H groups in total. The molecule has 0 aliphatic carbocycles. The van der Waals surface area contributed by atoms with Gasteiger partial charge in [0.15, 0.2) is 0 Å². The van der Waals surface area contributed by atoms with Gasteiger partial charge < -0.3 is 4.74 Å². The molecule has 4 rings (SSSR count). The van der Waals surface area contributed by atoms with Gasteiger partial charge in [0.1, 0.15) is 17.9 Å². The Morgan fingerprint density at radius 2 is 1.81 bits per heavy atom. The second-order valence-corrected chi connectivity index (χ2v) is 9.08. The van der Waals surface area contributed by atoms with Crippen LogP contribution in [0.25, 0.3) is 6.08 Å². The third-order valence-corrected chi connectivity index (χ3v) is 6.18. The molecule has 0 unspecified atom stereocenters. The molecule has 0 bridgehead atoms. The summed E-state index contributed by atoms with van der Waals surface area (Å²) in [7, 11) is 0. The minimum Gasteiger partial charge on any atom is -0.488 e. The number of aryl methyl sites for hydroxylation is 1. The Morgan fingerprint density at radius 1 is 1.08 bits per heavy atom. The summed E-state index contributed by atoms with van der Waals surface area (Å²) in [6.07, 6.45) is 1.38. The van der Waals surface area contributed by atoms with Gasteiger partial charge in [-0.05, 0) is 82.0 Å². The van der Waals surface area contributed by atoms with Crippen LogP contribution in [-0.2, 0) is 16.2 Å². The number of imide groups is 2. The maximum Gasteiger partial charge on any atom is 0.335 e. The normalized spacial score (nSPS) is 14.7. The van der Waals surface area contributed by atoms with Crippen molar-refractivity contribution in [2.45, 2.75) is 13.5 Å². The summed E-state index contributed by atoms with van der Waals surface area (Å²) >= 11 is 9.46. The van der Waals surface area contributed by atoms with E-state index in [4.69, 9.17) is 16.3 Å². The molecular weight excluding hydrogens is 554 g/mol. The van der Waals surface area contributed by atoms with Crippen molar-refractivity contribution < 1.29 is 24.0 Å². The van der Waals surface area contributed by atoms with Crippen molar-refractivity contribution in [1.82, 2.24) is 5.32 Å². The predicted molar refractivity (Wildman–Crippen MR) is 137 cm³/mol. The van der Waals surface area contributed by atoms with Crippen molar-refractivity contribution in [2.75, 3.05) is 4.90 Å². The van der Waals surface area contributed by atoms with Crippen LogP contribution in [0.1, 0.15) is 16.7 Å². The van der Waals surface area contributed by atoms with Crippen molar-refractivity contribution in [2.24, 2.45) is 0 Å². The van der Waals surface area contributed by atoms with Gasteiger partial charge in [0.2, 0.25) is 0 Å². The Balaban J connectivity index is 1.55. The molecule has 1 aliphatic rings. The summed E-state index contributed by atoms with van der Waals surface area (Å²) in [5.74, 6) is -1.10. The van der Waals surface area contributed by atoms with E-state index in [9.17, 15) is 24.5 Å². The second-order valence-electron chi connectivity index (χ2n) is 7.79. The van der Waals surface area contributed by atoms with Crippen molar-refractivity contribution in [3.63, 3.8) is 0 Å². The minimum atomic E-state index is -0.858. The monoisotopic (exact) mass is 569 g/mol. The third kappa shape index (κ3) is 5.29. The molecule has 0 aromatic heterocycles. The highest BCUT2D eigenvalue weighted by atomic mass is 79.9. The van der Waals surface area contributed by atoms with Crippen molar-refractivity contribution in [3.8, 4) is 5.75 Å². The van der Waals surface area contributed by atoms with Crippen LogP contribution in [0.4, 0.5) is 16.2 Å². The van der Waals surface area contributed by atoms with E-state index in [-0.39, 0.29) is 23.6 Å². The number of urea groups is 1. The lowest BCUT2D eigenvalue weighted by atomic mass is 10.1. The van der Waals surface area contributed by atoms with E-state index in [0.29, 0.717) is 26.4 Å². The van der Waals surface area contributed by atoms with E-state index in [1.54, 1.807) is 49.4 Å². The zero-order valence-corrected chi connectivity index (χ0v) is 21.0. The summed E-state index contributed by atoms with van der Waals surface area (Å²) < 4.78 is 6.33. The molecule has 3 aromatic carbocycles. The molecule has 1 aliphatic heterocycles. The van der Waals surface area contributed by atoms with Gasteiger partial charge in [-0.2, -0.15) is 0 Å². The van der Waals surface area contributed by atoms with Crippen LogP contribution in [0.3, 0.4) is 0 Å². The number of nitro benzene ring substituents is 1. The zero-order valence-electron chi connectivity index (χ0n) is 18.7. The summed E-state index contributed by atoms with van der Waals surface area (Å²) in [4.78, 5) is 49.3. The van der Waals surface area contributed by atoms with Crippen LogP contribution in [0.2, 0.25) is 5.02 Å². The number of anilines is 1. The van der Waals surface area contributed by atoms with E-state index in [0.717, 1.165) is 10.5 Å². The molecular formula is C25H17BrClN3O6. The highest BCUT2D eigenvalue weighted by Crippen LogP contribution is 2.30. The highest BCUT2D eigenvalue weighted by molar-refractivity contribution is 9.10. The van der Waals surface area contributed by atoms with Gasteiger partial charge in [-0.1, -0.05) is 23.7 Å². The molecule has 11 heteroatoms. The lowest BCUT2D eigenvalue weighted by Crippen LogP contribution is -2.54. The van der Waals surface area contributed by atoms with E-state index in [1.165, 1.54) is 24.3 Å². The maximum absolute atomic E-state index is 13.1. The van der Waals surface area contributed by atoms with Gasteiger partial charge in [0, 0.05) is 17.2 Å². The lowest BCUT2D eigenvalue weighted by Gasteiger charge is -2.27. The molecule has 1 saturated heterocycles. The van der Waals surface area contributed by atoms with Crippen molar-refractivity contribution >= 4 is 62.8 Å². The number of non-ortho nitro benzene ring substituents is 1. The fourth-order valence-corrected chi connectivity index (χ4v) is 4.14. The molecule has 1 heterocycles. The average Bonchev–Trinajstić information content (AvgIpc) is 2.83. The first kappa shape index (κ1) is 25.1. The van der Waals surface area contributed by atoms with Gasteiger partial charge >= 0.3 is 6.03 Å². The molecule has 0 saturated carbocycles. The number of nitro groups is 1. The number of benzene rings is 3. The van der Waals surface area contributed by atoms with Crippen LogP contribution < -0.4 is 15.0 Å². The summed E-state index contributed by atoms with van der Waals surface area (Å²) in [5.41, 5.74) is 1.93. The van der Waals surface area contributed by atoms with E-state index in [1.807, 2.05) is 0 Å². The van der Waals surface area contributed by atoms with Crippen LogP contribution in [0.15, 0.2) is 70.7 Å². The van der Waals surface area contributed by atoms with Gasteiger partial charge in [0.05, 0.1) is 15.1 Å². The largest absolute Gasteiger partial charge is 0.488 e. The molecule has 0 spiro atoms. The molecule has 4 amide bonds. The number of carbonyl (C=O) groups excluding carboxylic acids is 3. The number of carbonyl (C=O) groups is 3. The minimum absolute atomic E-state index is 0.00981. The fraction of sp³-hybridized carbons (Fsp3) is 0.0800. The molecule has 9 nitrogen and oxygen atoms in total. The molecule has 3 aromatic rings. The first-order valence-electron chi connectivity index (χ1n) is 10.5. The average molecular weight is 571 g/mol. The smallest absolute Gasteiger partial charge is 0.335 e. The fourth-order valence-electron chi connectivity index (χ4n) is 3.47. The molecule has 0 radical (unpaired) electrons. The highest BCUT2D eigenvalue weighted by Gasteiger charge is 2.37. The topological polar surface area (TPSA) is 119 Å². The SMILES string of the molecule is Cc1ccc(Cl)cc1N1C(=O)NC(=O)/C(=C\c2ccc(OCc3ccc([N+](=O)[O-])cc3)c(Br)c2)C1=O. The molecule has 0 atom stereocenters. The quantitative estimate of drug-likeness (QED) is 0.179. The van der Waals surface area contributed by atoms with Crippen LogP contribution in [0, 0.1) is 17.0 Å². The molecule has 182 valence electrons. The molecule has 1 fully saturated rings. The number of barbiturate groups is 1. The Kier molecular flexibility index (Phi) is 7.18. The van der Waals surface area contributed by atoms with Gasteiger partial charge in [-0.15, -0.1) is 0 Å². The lowest BCUT2D eigenvalue weighted by molar-refractivity contribution is -0.384. The van der Waals surface area contributed by atoms with E-state index < -0.39 is 22.8 Å². The first-order valence-corrected chi connectivity index (χ1v) is 11.6. The van der Waals surface area contributed by atoms with E-state index >= 15 is 0 Å². The number of amides is 4. The number of halogens is 2. The number of hydrogen-bond acceptors (Lipinski definition) is 6. The Bertz CT molecular complexity index is 1440. The second kappa shape index (κ2) is 10.3. The number of nitrogens with one attached hydrogen (secondary N) is 1. The zero-order chi connectivity index (χ0) is 26.0. The summed E-state index contributed by atoms with van der Waals surface area (Å²) in [5, 5.41) is 13.3. The number of hydrogen-bond donors (Lipinski definition) is 1. The van der Waals surface area contributed by atoms with Crippen LogP contribution >= 0.6 is 27.5 Å². The van der Waals surface area contributed by atoms with Crippen LogP contribution in [-0.4, -0.2) is 22.8 Å². The number of nitrogens with zero attached hydrogens (tertiary/aromatic N) is 2. The van der Waals surface area contributed by atoms with Gasteiger partial charge in [0.25, 0.3) is 17.5 Å². The Labute approximate surface area is 218 Å². The first-order chi connectivity index (χ1) is 17.1. The van der Waals surface area contributed by atoms with Crippen molar-refractivity contribution in [1.29, 1.82) is 0 Å². The van der Waals surface area contributed by atoms with Gasteiger partial charge in [-0.3, -0.25) is 25.0 Å². The Hall–Kier alpha value is -4.02. The van der Waals surface area contributed by atoms with Crippen LogP contribution in [0.5, 0.6) is 5.75 Å². The standard InChI is InChI=1S/C25H17BrClN3O6/c1-14-2-6-17(27)12-21(14)29-24(32)19(23(31)28-25(29)33)10-16-5-9-22(20(26)11-16)36-13-15-3-7-18(8-4-15)30(34)35/h2-12H,13H2,1H3,(H,28,31,33)/b19-10+. The predicted octanol–water partition coefficient (Wildman–Crippen LogP) is 5.56. The molecule has 36 heavy (non-hydrogen) atoms. The van der Waals surface area contributed by atoms with Gasteiger partial charge in [-0.25, -0.2) is 9.69 Å². The third-order valence-electron chi connectivity index (χ3n) is 5.32. The van der Waals surface area contributed by atoms with E-state index in [2.05, 4.69) is 21.2 Å². The summed E-state index contributed by atoms with van der Waals surface area (Å²) in [6, 6.07) is 14.9. The maximum atomic E-state index is 13.1. The van der Waals surface area contributed by atoms with Crippen molar-refractivity contribution in [3.05, 3.63) is 103 Å². The number of ether oxygens (including phenoxy) is 1. The Morgan fingerprint density at radius 3 is 2.47 bits per heavy atom.